The van der Waals surface area contributed by atoms with Crippen molar-refractivity contribution in [2.75, 3.05) is 7.11 Å². The van der Waals surface area contributed by atoms with Gasteiger partial charge in [-0.1, -0.05) is 0 Å². The van der Waals surface area contributed by atoms with Crippen molar-refractivity contribution in [2.24, 2.45) is 0 Å². The molecule has 0 aromatic carbocycles. The first-order valence-corrected chi connectivity index (χ1v) is 4.93. The molecule has 0 spiro atoms. The van der Waals surface area contributed by atoms with Crippen molar-refractivity contribution in [3.8, 4) is 5.88 Å². The van der Waals surface area contributed by atoms with E-state index in [1.165, 1.54) is 0 Å². The molecule has 84 valence electrons. The molecule has 0 amide bonds. The summed E-state index contributed by atoms with van der Waals surface area (Å²) in [6.07, 6.45) is 2.36. The number of hydrogen-bond acceptors (Lipinski definition) is 3. The monoisotopic (exact) mass is 220 g/mol. The average Bonchev–Trinajstić information content (AvgIpc) is 2.68. The number of aryl methyl sites for hydroxylation is 1. The molecule has 16 heavy (non-hydrogen) atoms. The van der Waals surface area contributed by atoms with Crippen LogP contribution in [0.15, 0.2) is 18.3 Å². The molecule has 0 aliphatic carbocycles. The summed E-state index contributed by atoms with van der Waals surface area (Å²) in [7, 11) is 1.55. The maximum atomic E-state index is 10.5. The molecule has 2 aromatic heterocycles. The lowest BCUT2D eigenvalue weighted by molar-refractivity contribution is -0.136. The summed E-state index contributed by atoms with van der Waals surface area (Å²) < 4.78 is 5.03. The molecule has 2 aromatic rings. The molecule has 0 atom stereocenters. The van der Waals surface area contributed by atoms with Crippen LogP contribution in [0.2, 0.25) is 0 Å². The quantitative estimate of drug-likeness (QED) is 0.820. The zero-order valence-electron chi connectivity index (χ0n) is 8.86. The molecule has 2 N–H and O–H groups in total. The van der Waals surface area contributed by atoms with Gasteiger partial charge in [0.2, 0.25) is 5.88 Å². The first-order chi connectivity index (χ1) is 7.70. The third-order valence-electron chi connectivity index (χ3n) is 2.39. The van der Waals surface area contributed by atoms with Gasteiger partial charge in [-0.25, -0.2) is 4.98 Å². The second-order valence-corrected chi connectivity index (χ2v) is 3.46. The van der Waals surface area contributed by atoms with Gasteiger partial charge in [-0.3, -0.25) is 4.79 Å². The van der Waals surface area contributed by atoms with Gasteiger partial charge in [-0.15, -0.1) is 0 Å². The largest absolute Gasteiger partial charge is 0.481 e. The third-order valence-corrected chi connectivity index (χ3v) is 2.39. The fraction of sp³-hybridized carbons (Fsp3) is 0.273. The lowest BCUT2D eigenvalue weighted by Crippen LogP contribution is -1.97. The topological polar surface area (TPSA) is 75.2 Å². The lowest BCUT2D eigenvalue weighted by Gasteiger charge is -1.99. The summed E-state index contributed by atoms with van der Waals surface area (Å²) in [4.78, 5) is 17.8. The molecular weight excluding hydrogens is 208 g/mol. The van der Waals surface area contributed by atoms with Gasteiger partial charge in [0.05, 0.1) is 18.1 Å². The molecule has 5 heteroatoms. The van der Waals surface area contributed by atoms with Gasteiger partial charge in [0.15, 0.2) is 0 Å². The number of aromatic amines is 1. The number of methoxy groups -OCH3 is 1. The number of nitrogens with zero attached hydrogens (tertiary/aromatic N) is 1. The van der Waals surface area contributed by atoms with E-state index in [1.807, 2.05) is 6.07 Å². The van der Waals surface area contributed by atoms with E-state index in [4.69, 9.17) is 9.84 Å². The van der Waals surface area contributed by atoms with Crippen molar-refractivity contribution in [3.63, 3.8) is 0 Å². The highest BCUT2D eigenvalue weighted by molar-refractivity contribution is 5.80. The van der Waals surface area contributed by atoms with Gasteiger partial charge >= 0.3 is 5.97 Å². The number of ether oxygens (including phenoxy) is 1. The number of nitrogens with one attached hydrogen (secondary N) is 1. The molecule has 0 bridgehead atoms. The van der Waals surface area contributed by atoms with Gasteiger partial charge < -0.3 is 14.8 Å². The van der Waals surface area contributed by atoms with Crippen LogP contribution in [0.3, 0.4) is 0 Å². The summed E-state index contributed by atoms with van der Waals surface area (Å²) >= 11 is 0. The van der Waals surface area contributed by atoms with E-state index in [0.717, 1.165) is 16.6 Å². The van der Waals surface area contributed by atoms with E-state index in [2.05, 4.69) is 9.97 Å². The second-order valence-electron chi connectivity index (χ2n) is 3.46. The molecule has 5 nitrogen and oxygen atoms in total. The maximum Gasteiger partial charge on any atom is 0.303 e. The number of pyridine rings is 1. The maximum absolute atomic E-state index is 10.5. The minimum atomic E-state index is -0.808. The molecule has 2 heterocycles. The summed E-state index contributed by atoms with van der Waals surface area (Å²) in [6.45, 7) is 0. The highest BCUT2D eigenvalue weighted by atomic mass is 16.5. The summed E-state index contributed by atoms with van der Waals surface area (Å²) in [5.41, 5.74) is 2.57. The molecule has 0 aliphatic rings. The molecule has 0 saturated heterocycles. The van der Waals surface area contributed by atoms with Crippen LogP contribution in [-0.4, -0.2) is 28.2 Å². The van der Waals surface area contributed by atoms with E-state index < -0.39 is 5.97 Å². The van der Waals surface area contributed by atoms with Crippen molar-refractivity contribution in [1.82, 2.24) is 9.97 Å². The number of aromatic nitrogens is 2. The Morgan fingerprint density at radius 3 is 3.06 bits per heavy atom. The van der Waals surface area contributed by atoms with Gasteiger partial charge in [-0.05, 0) is 18.1 Å². The van der Waals surface area contributed by atoms with Crippen molar-refractivity contribution in [1.29, 1.82) is 0 Å². The lowest BCUT2D eigenvalue weighted by atomic mass is 10.1. The third kappa shape index (κ3) is 1.98. The zero-order chi connectivity index (χ0) is 11.5. The Morgan fingerprint density at radius 1 is 1.56 bits per heavy atom. The van der Waals surface area contributed by atoms with Crippen LogP contribution in [-0.2, 0) is 11.2 Å². The number of H-pyrrole nitrogens is 1. The number of fused-ring (bicyclic) bond motifs is 1. The van der Waals surface area contributed by atoms with Crippen LogP contribution < -0.4 is 4.74 Å². The first kappa shape index (κ1) is 10.5. The highest BCUT2D eigenvalue weighted by Crippen LogP contribution is 2.20. The van der Waals surface area contributed by atoms with Crippen LogP contribution in [0.1, 0.15) is 12.0 Å². The Balaban J connectivity index is 2.34. The second kappa shape index (κ2) is 4.22. The Labute approximate surface area is 92.1 Å². The number of aliphatic carboxylic acids is 1. The van der Waals surface area contributed by atoms with Gasteiger partial charge in [-0.2, -0.15) is 0 Å². The Hall–Kier alpha value is -2.04. The predicted molar refractivity (Wildman–Crippen MR) is 58.6 cm³/mol. The SMILES string of the molecule is COc1ccc2[nH]cc(CCC(=O)O)c2n1. The molecule has 0 unspecified atom stereocenters. The van der Waals surface area contributed by atoms with Crippen LogP contribution >= 0.6 is 0 Å². The van der Waals surface area contributed by atoms with Crippen molar-refractivity contribution in [2.45, 2.75) is 12.8 Å². The molecule has 0 saturated carbocycles. The van der Waals surface area contributed by atoms with E-state index >= 15 is 0 Å². The van der Waals surface area contributed by atoms with Gasteiger partial charge in [0.25, 0.3) is 0 Å². The highest BCUT2D eigenvalue weighted by Gasteiger charge is 2.08. The molecule has 0 fully saturated rings. The Morgan fingerprint density at radius 2 is 2.38 bits per heavy atom. The van der Waals surface area contributed by atoms with Crippen molar-refractivity contribution < 1.29 is 14.6 Å². The van der Waals surface area contributed by atoms with Crippen LogP contribution in [0.25, 0.3) is 11.0 Å². The predicted octanol–water partition coefficient (Wildman–Crippen LogP) is 1.59. The normalized spacial score (nSPS) is 10.6. The van der Waals surface area contributed by atoms with Crippen molar-refractivity contribution >= 4 is 17.0 Å². The molecule has 0 aliphatic heterocycles. The molecule has 2 rings (SSSR count). The minimum Gasteiger partial charge on any atom is -0.481 e. The number of hydrogen-bond donors (Lipinski definition) is 2. The van der Waals surface area contributed by atoms with Crippen molar-refractivity contribution in [3.05, 3.63) is 23.9 Å². The minimum absolute atomic E-state index is 0.103. The number of carboxylic acid groups (broad SMARTS) is 1. The number of rotatable bonds is 4. The van der Waals surface area contributed by atoms with E-state index in [0.29, 0.717) is 12.3 Å². The summed E-state index contributed by atoms with van der Waals surface area (Å²) in [5.74, 6) is -0.277. The van der Waals surface area contributed by atoms with Crippen LogP contribution in [0.4, 0.5) is 0 Å². The number of carbonyl (C=O) groups is 1. The molecule has 0 radical (unpaired) electrons. The molecular formula is C11H12N2O3. The van der Waals surface area contributed by atoms with Gasteiger partial charge in [0.1, 0.15) is 0 Å². The van der Waals surface area contributed by atoms with E-state index in [1.54, 1.807) is 19.4 Å². The fourth-order valence-electron chi connectivity index (χ4n) is 1.58. The van der Waals surface area contributed by atoms with E-state index in [-0.39, 0.29) is 6.42 Å². The Kier molecular flexibility index (Phi) is 2.76. The summed E-state index contributed by atoms with van der Waals surface area (Å²) in [6, 6.07) is 3.63. The number of carboxylic acids is 1. The van der Waals surface area contributed by atoms with E-state index in [9.17, 15) is 4.79 Å². The fourth-order valence-corrected chi connectivity index (χ4v) is 1.58. The smallest absolute Gasteiger partial charge is 0.303 e. The first-order valence-electron chi connectivity index (χ1n) is 4.93. The zero-order valence-corrected chi connectivity index (χ0v) is 8.86. The Bertz CT molecular complexity index is 519. The van der Waals surface area contributed by atoms with Crippen LogP contribution in [0.5, 0.6) is 5.88 Å². The van der Waals surface area contributed by atoms with Crippen LogP contribution in [0, 0.1) is 0 Å². The standard InChI is InChI=1S/C11H12N2O3/c1-16-9-4-3-8-11(13-9)7(6-12-8)2-5-10(14)15/h3-4,6,12H,2,5H2,1H3,(H,14,15). The summed E-state index contributed by atoms with van der Waals surface area (Å²) in [5, 5.41) is 8.63. The average molecular weight is 220 g/mol. The van der Waals surface area contributed by atoms with Gasteiger partial charge in [0, 0.05) is 18.7 Å².